The van der Waals surface area contributed by atoms with Gasteiger partial charge < -0.3 is 14.4 Å². The van der Waals surface area contributed by atoms with Crippen molar-refractivity contribution in [3.05, 3.63) is 65.6 Å². The number of urea groups is 1. The van der Waals surface area contributed by atoms with Gasteiger partial charge in [-0.3, -0.25) is 10.0 Å². The number of aromatic nitrogens is 2. The molecule has 37 heavy (non-hydrogen) atoms. The van der Waals surface area contributed by atoms with E-state index in [1.165, 1.54) is 18.9 Å². The van der Waals surface area contributed by atoms with Gasteiger partial charge in [0.05, 0.1) is 18.2 Å². The van der Waals surface area contributed by atoms with Gasteiger partial charge in [-0.25, -0.2) is 18.9 Å². The van der Waals surface area contributed by atoms with Crippen LogP contribution < -0.4 is 4.74 Å². The first-order valence-corrected chi connectivity index (χ1v) is 12.0. The Hall–Kier alpha value is -3.92. The van der Waals surface area contributed by atoms with E-state index in [9.17, 15) is 14.8 Å². The number of hydrogen-bond acceptors (Lipinski definition) is 6. The highest BCUT2D eigenvalue weighted by atomic mass is 19.1. The lowest BCUT2D eigenvalue weighted by atomic mass is 9.76. The first-order valence-electron chi connectivity index (χ1n) is 12.0. The van der Waals surface area contributed by atoms with E-state index in [4.69, 9.17) is 14.6 Å². The number of likely N-dealkylation sites (tertiary alicyclic amines) is 1. The predicted molar refractivity (Wildman–Crippen MR) is 134 cm³/mol. The van der Waals surface area contributed by atoms with Crippen LogP contribution in [0.2, 0.25) is 0 Å². The Kier molecular flexibility index (Phi) is 7.49. The van der Waals surface area contributed by atoms with Crippen LogP contribution >= 0.6 is 0 Å². The van der Waals surface area contributed by atoms with E-state index in [0.717, 1.165) is 5.56 Å². The zero-order valence-electron chi connectivity index (χ0n) is 21.4. The van der Waals surface area contributed by atoms with Crippen molar-refractivity contribution in [1.29, 1.82) is 0 Å². The predicted octanol–water partition coefficient (Wildman–Crippen LogP) is 4.33. The van der Waals surface area contributed by atoms with Gasteiger partial charge in [0.2, 0.25) is 0 Å². The van der Waals surface area contributed by atoms with Gasteiger partial charge in [-0.2, -0.15) is 5.10 Å². The monoisotopic (exact) mass is 510 g/mol. The number of methoxy groups -OCH3 is 1. The number of halogens is 1. The Morgan fingerprint density at radius 1 is 1.11 bits per heavy atom. The number of carbonyl (C=O) groups is 2. The molecule has 0 unspecified atom stereocenters. The molecule has 1 fully saturated rings. The van der Waals surface area contributed by atoms with E-state index < -0.39 is 23.2 Å². The van der Waals surface area contributed by atoms with Crippen LogP contribution in [0, 0.1) is 12.7 Å². The molecule has 1 saturated heterocycles. The summed E-state index contributed by atoms with van der Waals surface area (Å²) in [6.45, 7) is 3.65. The number of ether oxygens (including phenoxy) is 2. The topological polar surface area (TPSA) is 97.1 Å². The lowest BCUT2D eigenvalue weighted by molar-refractivity contribution is -0.143. The number of aryl methyl sites for hydroxylation is 1. The Balaban J connectivity index is 1.84. The normalized spacial score (nSPS) is 14.8. The Labute approximate surface area is 215 Å². The third kappa shape index (κ3) is 5.29. The van der Waals surface area contributed by atoms with Crippen LogP contribution in [0.15, 0.2) is 48.5 Å². The fourth-order valence-corrected chi connectivity index (χ4v) is 4.63. The lowest BCUT2D eigenvalue weighted by Gasteiger charge is -2.40. The summed E-state index contributed by atoms with van der Waals surface area (Å²) in [6.07, 6.45) is 0.591. The van der Waals surface area contributed by atoms with E-state index in [0.29, 0.717) is 34.9 Å². The van der Waals surface area contributed by atoms with Crippen molar-refractivity contribution in [3.8, 4) is 22.7 Å². The fourth-order valence-electron chi connectivity index (χ4n) is 4.63. The van der Waals surface area contributed by atoms with Crippen LogP contribution in [0.25, 0.3) is 16.9 Å². The van der Waals surface area contributed by atoms with Crippen molar-refractivity contribution in [3.63, 3.8) is 0 Å². The highest BCUT2D eigenvalue weighted by molar-refractivity contribution is 5.73. The van der Waals surface area contributed by atoms with Crippen LogP contribution in [0.5, 0.6) is 5.75 Å². The Morgan fingerprint density at radius 2 is 1.73 bits per heavy atom. The molecule has 0 radical (unpaired) electrons. The zero-order chi connectivity index (χ0) is 26.7. The summed E-state index contributed by atoms with van der Waals surface area (Å²) in [5, 5.41) is 14.9. The minimum atomic E-state index is -0.961. The molecule has 0 aliphatic carbocycles. The summed E-state index contributed by atoms with van der Waals surface area (Å²) >= 11 is 0. The minimum absolute atomic E-state index is 0.0801. The number of hydroxylamine groups is 2. The summed E-state index contributed by atoms with van der Waals surface area (Å²) in [7, 11) is 2.83. The number of esters is 1. The van der Waals surface area contributed by atoms with Gasteiger partial charge in [0, 0.05) is 32.6 Å². The average molecular weight is 511 g/mol. The maximum Gasteiger partial charge on any atom is 0.343 e. The molecule has 1 aliphatic heterocycles. The van der Waals surface area contributed by atoms with Crippen molar-refractivity contribution in [2.75, 3.05) is 33.9 Å². The number of benzene rings is 2. The van der Waals surface area contributed by atoms with Gasteiger partial charge in [-0.1, -0.05) is 29.8 Å². The molecule has 1 aromatic heterocycles. The quantitative estimate of drug-likeness (QED) is 0.301. The third-order valence-electron chi connectivity index (χ3n) is 6.79. The summed E-state index contributed by atoms with van der Waals surface area (Å²) in [5.41, 5.74) is 1.82. The molecular weight excluding hydrogens is 479 g/mol. The smallest absolute Gasteiger partial charge is 0.343 e. The summed E-state index contributed by atoms with van der Waals surface area (Å²) < 4.78 is 28.7. The summed E-state index contributed by atoms with van der Waals surface area (Å²) in [4.78, 5) is 25.5. The van der Waals surface area contributed by atoms with Crippen LogP contribution in [-0.2, 0) is 14.9 Å². The highest BCUT2D eigenvalue weighted by Gasteiger charge is 2.44. The number of carbonyl (C=O) groups excluding carboxylic acids is 2. The Morgan fingerprint density at radius 3 is 2.27 bits per heavy atom. The second-order valence-corrected chi connectivity index (χ2v) is 9.34. The largest absolute Gasteiger partial charge is 0.497 e. The first-order chi connectivity index (χ1) is 17.6. The van der Waals surface area contributed by atoms with Gasteiger partial charge in [0.25, 0.3) is 0 Å². The van der Waals surface area contributed by atoms with Gasteiger partial charge in [0.1, 0.15) is 23.7 Å². The second-order valence-electron chi connectivity index (χ2n) is 9.34. The molecule has 0 atom stereocenters. The molecule has 9 nitrogen and oxygen atoms in total. The van der Waals surface area contributed by atoms with E-state index in [2.05, 4.69) is 0 Å². The number of nitrogens with zero attached hydrogens (tertiary/aromatic N) is 4. The van der Waals surface area contributed by atoms with Crippen molar-refractivity contribution in [1.82, 2.24) is 19.7 Å². The van der Waals surface area contributed by atoms with Gasteiger partial charge >= 0.3 is 12.0 Å². The number of hydrogen-bond donors (Lipinski definition) is 1. The van der Waals surface area contributed by atoms with Crippen LogP contribution in [0.1, 0.15) is 31.0 Å². The molecule has 4 rings (SSSR count). The maximum atomic E-state index is 16.5. The maximum absolute atomic E-state index is 16.5. The third-order valence-corrected chi connectivity index (χ3v) is 6.79. The van der Waals surface area contributed by atoms with Crippen molar-refractivity contribution in [2.45, 2.75) is 32.1 Å². The van der Waals surface area contributed by atoms with E-state index >= 15 is 4.39 Å². The van der Waals surface area contributed by atoms with Gasteiger partial charge in [-0.05, 0) is 44.0 Å². The molecular formula is C27H31FN4O5. The fraction of sp³-hybridized carbons (Fsp3) is 0.370. The van der Waals surface area contributed by atoms with Crippen LogP contribution in [0.4, 0.5) is 9.18 Å². The second kappa shape index (κ2) is 10.6. The molecule has 0 spiro atoms. The van der Waals surface area contributed by atoms with Gasteiger partial charge in [-0.15, -0.1) is 0 Å². The van der Waals surface area contributed by atoms with E-state index in [1.54, 1.807) is 36.1 Å². The zero-order valence-corrected chi connectivity index (χ0v) is 21.4. The van der Waals surface area contributed by atoms with Gasteiger partial charge in [0.15, 0.2) is 5.82 Å². The molecule has 10 heteroatoms. The molecule has 196 valence electrons. The molecule has 2 amide bonds. The van der Waals surface area contributed by atoms with Crippen molar-refractivity contribution in [2.24, 2.45) is 0 Å². The Bertz CT molecular complexity index is 1260. The van der Waals surface area contributed by atoms with Crippen LogP contribution in [0.3, 0.4) is 0 Å². The molecule has 2 heterocycles. The van der Waals surface area contributed by atoms with E-state index in [1.807, 2.05) is 31.2 Å². The molecule has 2 aromatic carbocycles. The van der Waals surface area contributed by atoms with Crippen molar-refractivity contribution >= 4 is 12.0 Å². The van der Waals surface area contributed by atoms with E-state index in [-0.39, 0.29) is 31.1 Å². The average Bonchev–Trinajstić information content (AvgIpc) is 3.25. The standard InChI is InChI=1S/C27H31FN4O5/c1-18-5-7-20(8-6-18)24-23(28)25(29-32(24)21-9-11-22(36-4)12-10-21)27(17-37-19(2)33)13-15-31(16-14-27)26(34)30(3)35/h5-12,35H,13-17H2,1-4H3. The number of piperidine rings is 1. The minimum Gasteiger partial charge on any atom is -0.497 e. The number of rotatable bonds is 6. The van der Waals surface area contributed by atoms with Crippen LogP contribution in [-0.4, -0.2) is 70.8 Å². The lowest BCUT2D eigenvalue weighted by Crippen LogP contribution is -2.50. The SMILES string of the molecule is COc1ccc(-n2nc(C3(COC(C)=O)CCN(C(=O)N(C)O)CC3)c(F)c2-c2ccc(C)cc2)cc1. The summed E-state index contributed by atoms with van der Waals surface area (Å²) in [6, 6.07) is 14.1. The summed E-state index contributed by atoms with van der Waals surface area (Å²) in [5.74, 6) is -0.335. The molecule has 0 saturated carbocycles. The number of amides is 2. The molecule has 0 bridgehead atoms. The first kappa shape index (κ1) is 26.2. The highest BCUT2D eigenvalue weighted by Crippen LogP contribution is 2.40. The molecule has 3 aromatic rings. The molecule has 1 aliphatic rings. The van der Waals surface area contributed by atoms with Crippen molar-refractivity contribution < 1.29 is 28.7 Å². The molecule has 1 N–H and O–H groups in total.